The summed E-state index contributed by atoms with van der Waals surface area (Å²) in [6, 6.07) is 4.73. The van der Waals surface area contributed by atoms with Gasteiger partial charge in [-0.05, 0) is 72.6 Å². The third-order valence-electron chi connectivity index (χ3n) is 7.86. The molecule has 0 radical (unpaired) electrons. The van der Waals surface area contributed by atoms with Gasteiger partial charge in [-0.3, -0.25) is 4.79 Å². The number of thiazole rings is 1. The van der Waals surface area contributed by atoms with Gasteiger partial charge in [-0.2, -0.15) is 0 Å². The van der Waals surface area contributed by atoms with Gasteiger partial charge in [-0.1, -0.05) is 40.2 Å². The molecule has 0 bridgehead atoms. The molecule has 1 aromatic carbocycles. The minimum atomic E-state index is -0.555. The minimum Gasteiger partial charge on any atom is -0.386 e. The summed E-state index contributed by atoms with van der Waals surface area (Å²) in [6.07, 6.45) is 4.45. The second-order valence-electron chi connectivity index (χ2n) is 10.1. The van der Waals surface area contributed by atoms with Crippen LogP contribution in [0.25, 0.3) is 11.3 Å². The molecule has 1 amide bonds. The van der Waals surface area contributed by atoms with E-state index in [1.807, 2.05) is 0 Å². The Bertz CT molecular complexity index is 980. The Morgan fingerprint density at radius 3 is 2.60 bits per heavy atom. The molecule has 0 unspecified atom stereocenters. The number of aliphatic hydroxyl groups excluding tert-OH is 1. The maximum absolute atomic E-state index is 12.5. The van der Waals surface area contributed by atoms with Crippen molar-refractivity contribution in [3.8, 4) is 11.3 Å². The van der Waals surface area contributed by atoms with Crippen LogP contribution in [0.5, 0.6) is 0 Å². The van der Waals surface area contributed by atoms with E-state index in [0.717, 1.165) is 42.8 Å². The van der Waals surface area contributed by atoms with Gasteiger partial charge in [0.1, 0.15) is 11.1 Å². The van der Waals surface area contributed by atoms with E-state index in [2.05, 4.69) is 45.2 Å². The standard InChI is InChI=1S/C25H34N2O2S/c1-14(2)17-11-16-7-8-21-24(4,9-6-10-25(21,5)23(26)29)19(16)12-18(17)20-13-30-22(27-20)15(3)28/h11-15,21,28H,6-10H2,1-5H3,(H2,26,29)/t15-,21+,24+,25+/m0/s1. The molecule has 0 aliphatic heterocycles. The Morgan fingerprint density at radius 2 is 2.00 bits per heavy atom. The molecule has 4 rings (SSSR count). The van der Waals surface area contributed by atoms with Crippen LogP contribution in [0, 0.1) is 11.3 Å². The maximum Gasteiger partial charge on any atom is 0.223 e. The molecule has 30 heavy (non-hydrogen) atoms. The summed E-state index contributed by atoms with van der Waals surface area (Å²) < 4.78 is 0. The van der Waals surface area contributed by atoms with Crippen LogP contribution in [0.1, 0.15) is 94.0 Å². The summed E-state index contributed by atoms with van der Waals surface area (Å²) in [5, 5.41) is 12.8. The molecule has 2 aliphatic carbocycles. The van der Waals surface area contributed by atoms with Crippen molar-refractivity contribution in [2.45, 2.75) is 84.2 Å². The number of amides is 1. The lowest BCUT2D eigenvalue weighted by molar-refractivity contribution is -0.135. The zero-order chi connectivity index (χ0) is 21.8. The largest absolute Gasteiger partial charge is 0.386 e. The second kappa shape index (κ2) is 7.45. The van der Waals surface area contributed by atoms with Crippen LogP contribution in [0.15, 0.2) is 17.5 Å². The topological polar surface area (TPSA) is 76.2 Å². The highest BCUT2D eigenvalue weighted by Gasteiger charge is 2.54. The van der Waals surface area contributed by atoms with Crippen molar-refractivity contribution >= 4 is 17.2 Å². The first-order valence-electron chi connectivity index (χ1n) is 11.2. The quantitative estimate of drug-likeness (QED) is 0.679. The molecule has 3 N–H and O–H groups in total. The molecule has 0 spiro atoms. The first kappa shape index (κ1) is 21.5. The van der Waals surface area contributed by atoms with Crippen molar-refractivity contribution in [2.24, 2.45) is 17.1 Å². The van der Waals surface area contributed by atoms with Crippen LogP contribution in [0.4, 0.5) is 0 Å². The number of aromatic nitrogens is 1. The van der Waals surface area contributed by atoms with E-state index in [4.69, 9.17) is 10.7 Å². The van der Waals surface area contributed by atoms with Gasteiger partial charge in [-0.25, -0.2) is 4.98 Å². The van der Waals surface area contributed by atoms with Crippen molar-refractivity contribution in [2.75, 3.05) is 0 Å². The summed E-state index contributed by atoms with van der Waals surface area (Å²) >= 11 is 1.51. The number of carbonyl (C=O) groups excluding carboxylic acids is 1. The lowest BCUT2D eigenvalue weighted by Crippen LogP contribution is -2.54. The second-order valence-corrected chi connectivity index (χ2v) is 11.0. The van der Waals surface area contributed by atoms with E-state index in [1.54, 1.807) is 6.92 Å². The van der Waals surface area contributed by atoms with E-state index in [9.17, 15) is 9.90 Å². The molecule has 4 atom stereocenters. The molecule has 1 aromatic heterocycles. The zero-order valence-electron chi connectivity index (χ0n) is 18.8. The molecule has 1 fully saturated rings. The molecular formula is C25H34N2O2S. The molecule has 5 heteroatoms. The molecular weight excluding hydrogens is 392 g/mol. The fourth-order valence-corrected chi connectivity index (χ4v) is 6.89. The Kier molecular flexibility index (Phi) is 5.34. The van der Waals surface area contributed by atoms with Gasteiger partial charge in [0.05, 0.1) is 5.69 Å². The van der Waals surface area contributed by atoms with E-state index in [1.165, 1.54) is 33.6 Å². The highest BCUT2D eigenvalue weighted by Crippen LogP contribution is 2.58. The number of hydrogen-bond acceptors (Lipinski definition) is 4. The van der Waals surface area contributed by atoms with Crippen molar-refractivity contribution in [3.05, 3.63) is 39.2 Å². The SMILES string of the molecule is CC(C)c1cc2c(cc1-c1csc([C@H](C)O)n1)[C@@]1(C)CCC[C@@](C)(C(N)=O)[C@@H]1CC2. The molecule has 162 valence electrons. The number of hydrogen-bond donors (Lipinski definition) is 2. The number of fused-ring (bicyclic) bond motifs is 3. The van der Waals surface area contributed by atoms with Crippen LogP contribution in [0.2, 0.25) is 0 Å². The summed E-state index contributed by atoms with van der Waals surface area (Å²) in [5.74, 6) is 0.502. The number of aliphatic hydroxyl groups is 1. The van der Waals surface area contributed by atoms with Crippen molar-refractivity contribution < 1.29 is 9.90 Å². The third-order valence-corrected chi connectivity index (χ3v) is 8.88. The van der Waals surface area contributed by atoms with Crippen molar-refractivity contribution in [1.82, 2.24) is 4.98 Å². The normalized spacial score (nSPS) is 29.4. The summed E-state index contributed by atoms with van der Waals surface area (Å²) in [4.78, 5) is 17.2. The number of benzene rings is 1. The smallest absolute Gasteiger partial charge is 0.223 e. The average Bonchev–Trinajstić information content (AvgIpc) is 3.17. The number of carbonyl (C=O) groups is 1. The first-order chi connectivity index (χ1) is 14.1. The predicted octanol–water partition coefficient (Wildman–Crippen LogP) is 5.48. The highest BCUT2D eigenvalue weighted by molar-refractivity contribution is 7.10. The number of aryl methyl sites for hydroxylation is 1. The number of nitrogens with zero attached hydrogens (tertiary/aromatic N) is 1. The van der Waals surface area contributed by atoms with E-state index >= 15 is 0 Å². The lowest BCUT2D eigenvalue weighted by atomic mass is 9.49. The van der Waals surface area contributed by atoms with Gasteiger partial charge in [0.15, 0.2) is 0 Å². The highest BCUT2D eigenvalue weighted by atomic mass is 32.1. The summed E-state index contributed by atoms with van der Waals surface area (Å²) in [6.45, 7) is 10.6. The van der Waals surface area contributed by atoms with Crippen LogP contribution in [0.3, 0.4) is 0 Å². The van der Waals surface area contributed by atoms with Gasteiger partial charge < -0.3 is 10.8 Å². The predicted molar refractivity (Wildman–Crippen MR) is 123 cm³/mol. The minimum absolute atomic E-state index is 0.0526. The van der Waals surface area contributed by atoms with Crippen LogP contribution >= 0.6 is 11.3 Å². The fraction of sp³-hybridized carbons (Fsp3) is 0.600. The van der Waals surface area contributed by atoms with E-state index < -0.39 is 11.5 Å². The van der Waals surface area contributed by atoms with Crippen LogP contribution in [-0.2, 0) is 16.6 Å². The number of nitrogens with two attached hydrogens (primary N) is 1. The fourth-order valence-electron chi connectivity index (χ4n) is 6.13. The van der Waals surface area contributed by atoms with Gasteiger partial charge in [0.25, 0.3) is 0 Å². The Balaban J connectivity index is 1.88. The molecule has 4 nitrogen and oxygen atoms in total. The molecule has 0 saturated heterocycles. The van der Waals surface area contributed by atoms with Crippen LogP contribution in [-0.4, -0.2) is 16.0 Å². The molecule has 2 aliphatic rings. The summed E-state index contributed by atoms with van der Waals surface area (Å²) in [7, 11) is 0. The third kappa shape index (κ3) is 3.21. The maximum atomic E-state index is 12.5. The van der Waals surface area contributed by atoms with E-state index in [0.29, 0.717) is 5.92 Å². The average molecular weight is 427 g/mol. The van der Waals surface area contributed by atoms with Gasteiger partial charge in [0, 0.05) is 16.4 Å². The molecule has 1 saturated carbocycles. The monoisotopic (exact) mass is 426 g/mol. The van der Waals surface area contributed by atoms with Gasteiger partial charge >= 0.3 is 0 Å². The van der Waals surface area contributed by atoms with Gasteiger partial charge in [0.2, 0.25) is 5.91 Å². The zero-order valence-corrected chi connectivity index (χ0v) is 19.6. The molecule has 2 aromatic rings. The lowest BCUT2D eigenvalue weighted by Gasteiger charge is -2.54. The molecule has 1 heterocycles. The summed E-state index contributed by atoms with van der Waals surface area (Å²) in [5.41, 5.74) is 11.7. The Labute approximate surface area is 183 Å². The van der Waals surface area contributed by atoms with Gasteiger partial charge in [-0.15, -0.1) is 11.3 Å². The van der Waals surface area contributed by atoms with Crippen LogP contribution < -0.4 is 5.73 Å². The van der Waals surface area contributed by atoms with Crippen molar-refractivity contribution in [3.63, 3.8) is 0 Å². The Morgan fingerprint density at radius 1 is 1.27 bits per heavy atom. The van der Waals surface area contributed by atoms with Crippen molar-refractivity contribution in [1.29, 1.82) is 0 Å². The first-order valence-corrected chi connectivity index (χ1v) is 12.1. The number of primary amides is 1. The Hall–Kier alpha value is -1.72. The van der Waals surface area contributed by atoms with E-state index in [-0.39, 0.29) is 17.2 Å². The number of rotatable bonds is 4.